The minimum atomic E-state index is 0.0532. The summed E-state index contributed by atoms with van der Waals surface area (Å²) in [4.78, 5) is 11.6. The predicted molar refractivity (Wildman–Crippen MR) is 47.7 cm³/mol. The number of hydrogen-bond donors (Lipinski definition) is 1. The van der Waals surface area contributed by atoms with Crippen molar-refractivity contribution in [1.82, 2.24) is 5.32 Å². The Morgan fingerprint density at radius 2 is 2.33 bits per heavy atom. The van der Waals surface area contributed by atoms with Crippen molar-refractivity contribution in [1.29, 1.82) is 0 Å². The summed E-state index contributed by atoms with van der Waals surface area (Å²) in [5.41, 5.74) is 0.0532. The zero-order valence-corrected chi connectivity index (χ0v) is 7.73. The van der Waals surface area contributed by atoms with Gasteiger partial charge >= 0.3 is 0 Å². The molecule has 1 aliphatic carbocycles. The van der Waals surface area contributed by atoms with Crippen LogP contribution in [0.2, 0.25) is 0 Å². The first-order chi connectivity index (χ1) is 5.73. The first-order valence-corrected chi connectivity index (χ1v) is 5.01. The summed E-state index contributed by atoms with van der Waals surface area (Å²) >= 11 is 0. The van der Waals surface area contributed by atoms with Crippen LogP contribution in [0.5, 0.6) is 0 Å². The number of hydrogen-bond acceptors (Lipinski definition) is 1. The molecule has 12 heavy (non-hydrogen) atoms. The van der Waals surface area contributed by atoms with Crippen LogP contribution < -0.4 is 5.32 Å². The number of carbonyl (C=O) groups is 1. The van der Waals surface area contributed by atoms with E-state index in [1.807, 2.05) is 0 Å². The smallest absolute Gasteiger partial charge is 0.226 e. The van der Waals surface area contributed by atoms with Gasteiger partial charge in [0.2, 0.25) is 5.91 Å². The van der Waals surface area contributed by atoms with Gasteiger partial charge in [-0.15, -0.1) is 0 Å². The van der Waals surface area contributed by atoms with E-state index in [1.165, 1.54) is 12.8 Å². The SMILES string of the molecule is C[C@H]1CCC[C@]2(CCNC2=O)C1. The van der Waals surface area contributed by atoms with E-state index in [4.69, 9.17) is 0 Å². The maximum absolute atomic E-state index is 11.6. The largest absolute Gasteiger partial charge is 0.356 e. The van der Waals surface area contributed by atoms with Gasteiger partial charge in [-0.25, -0.2) is 0 Å². The monoisotopic (exact) mass is 167 g/mol. The van der Waals surface area contributed by atoms with Crippen LogP contribution in [0, 0.1) is 11.3 Å². The van der Waals surface area contributed by atoms with Crippen LogP contribution in [0.3, 0.4) is 0 Å². The van der Waals surface area contributed by atoms with Crippen molar-refractivity contribution < 1.29 is 4.79 Å². The van der Waals surface area contributed by atoms with Crippen molar-refractivity contribution in [2.75, 3.05) is 6.54 Å². The molecule has 1 N–H and O–H groups in total. The van der Waals surface area contributed by atoms with Crippen LogP contribution in [0.1, 0.15) is 39.0 Å². The second-order valence-corrected chi connectivity index (χ2v) is 4.49. The molecule has 1 spiro atoms. The molecule has 1 saturated heterocycles. The summed E-state index contributed by atoms with van der Waals surface area (Å²) in [6, 6.07) is 0. The predicted octanol–water partition coefficient (Wildman–Crippen LogP) is 1.70. The van der Waals surface area contributed by atoms with Crippen molar-refractivity contribution in [3.8, 4) is 0 Å². The molecular formula is C10H17NO. The minimum Gasteiger partial charge on any atom is -0.356 e. The summed E-state index contributed by atoms with van der Waals surface area (Å²) < 4.78 is 0. The molecule has 1 saturated carbocycles. The van der Waals surface area contributed by atoms with Gasteiger partial charge in [0.15, 0.2) is 0 Å². The van der Waals surface area contributed by atoms with Crippen LogP contribution in [0.25, 0.3) is 0 Å². The molecule has 1 heterocycles. The second kappa shape index (κ2) is 2.75. The fourth-order valence-corrected chi connectivity index (χ4v) is 2.81. The molecule has 1 aliphatic heterocycles. The molecule has 2 aliphatic rings. The molecule has 2 rings (SSSR count). The fourth-order valence-electron chi connectivity index (χ4n) is 2.81. The molecule has 0 radical (unpaired) electrons. The molecule has 2 nitrogen and oxygen atoms in total. The molecule has 0 bridgehead atoms. The molecule has 0 aromatic heterocycles. The van der Waals surface area contributed by atoms with E-state index >= 15 is 0 Å². The van der Waals surface area contributed by atoms with Crippen molar-refractivity contribution in [3.63, 3.8) is 0 Å². The number of amides is 1. The zero-order chi connectivity index (χ0) is 8.60. The molecule has 0 aromatic carbocycles. The Bertz CT molecular complexity index is 202. The third kappa shape index (κ3) is 1.13. The average Bonchev–Trinajstić information content (AvgIpc) is 2.33. The third-order valence-electron chi connectivity index (χ3n) is 3.46. The lowest BCUT2D eigenvalue weighted by Crippen LogP contribution is -2.35. The molecule has 0 aromatic rings. The van der Waals surface area contributed by atoms with E-state index < -0.39 is 0 Å². The lowest BCUT2D eigenvalue weighted by Gasteiger charge is -2.34. The Hall–Kier alpha value is -0.530. The highest BCUT2D eigenvalue weighted by atomic mass is 16.2. The minimum absolute atomic E-state index is 0.0532. The van der Waals surface area contributed by atoms with Crippen LogP contribution in [0.15, 0.2) is 0 Å². The van der Waals surface area contributed by atoms with Crippen molar-refractivity contribution >= 4 is 5.91 Å². The lowest BCUT2D eigenvalue weighted by molar-refractivity contribution is -0.129. The summed E-state index contributed by atoms with van der Waals surface area (Å²) in [5.74, 6) is 1.08. The lowest BCUT2D eigenvalue weighted by atomic mass is 9.69. The molecular weight excluding hydrogens is 150 g/mol. The van der Waals surface area contributed by atoms with E-state index in [2.05, 4.69) is 12.2 Å². The van der Waals surface area contributed by atoms with Gasteiger partial charge in [0.1, 0.15) is 0 Å². The fraction of sp³-hybridized carbons (Fsp3) is 0.900. The molecule has 68 valence electrons. The van der Waals surface area contributed by atoms with Crippen LogP contribution in [-0.4, -0.2) is 12.5 Å². The standard InChI is InChI=1S/C10H17NO/c1-8-3-2-4-10(7-8)5-6-11-9(10)12/h8H,2-7H2,1H3,(H,11,12)/t8-,10-/m0/s1. The Kier molecular flexibility index (Phi) is 1.85. The Morgan fingerprint density at radius 1 is 1.50 bits per heavy atom. The van der Waals surface area contributed by atoms with Crippen LogP contribution in [0.4, 0.5) is 0 Å². The highest BCUT2D eigenvalue weighted by Crippen LogP contribution is 2.43. The van der Waals surface area contributed by atoms with Gasteiger partial charge in [-0.1, -0.05) is 19.8 Å². The van der Waals surface area contributed by atoms with Gasteiger partial charge in [-0.2, -0.15) is 0 Å². The quantitative estimate of drug-likeness (QED) is 0.584. The Labute approximate surface area is 73.7 Å². The van der Waals surface area contributed by atoms with Gasteiger partial charge in [-0.3, -0.25) is 4.79 Å². The maximum Gasteiger partial charge on any atom is 0.226 e. The molecule has 0 unspecified atom stereocenters. The number of carbonyl (C=O) groups excluding carboxylic acids is 1. The Balaban J connectivity index is 2.13. The molecule has 1 amide bonds. The highest BCUT2D eigenvalue weighted by Gasteiger charge is 2.44. The van der Waals surface area contributed by atoms with E-state index in [9.17, 15) is 4.79 Å². The van der Waals surface area contributed by atoms with Crippen molar-refractivity contribution in [2.24, 2.45) is 11.3 Å². The summed E-state index contributed by atoms with van der Waals surface area (Å²) in [7, 11) is 0. The maximum atomic E-state index is 11.6. The van der Waals surface area contributed by atoms with Crippen molar-refractivity contribution in [2.45, 2.75) is 39.0 Å². The van der Waals surface area contributed by atoms with Gasteiger partial charge in [0.05, 0.1) is 5.41 Å². The zero-order valence-electron chi connectivity index (χ0n) is 7.73. The Morgan fingerprint density at radius 3 is 2.92 bits per heavy atom. The van der Waals surface area contributed by atoms with Gasteiger partial charge < -0.3 is 5.32 Å². The van der Waals surface area contributed by atoms with E-state index in [0.717, 1.165) is 31.7 Å². The summed E-state index contributed by atoms with van der Waals surface area (Å²) in [5, 5.41) is 2.96. The van der Waals surface area contributed by atoms with Gasteiger partial charge in [0.25, 0.3) is 0 Å². The van der Waals surface area contributed by atoms with Crippen LogP contribution >= 0.6 is 0 Å². The van der Waals surface area contributed by atoms with Gasteiger partial charge in [0, 0.05) is 6.54 Å². The van der Waals surface area contributed by atoms with Gasteiger partial charge in [-0.05, 0) is 25.2 Å². The van der Waals surface area contributed by atoms with Crippen LogP contribution in [-0.2, 0) is 4.79 Å². The molecule has 2 atom stereocenters. The molecule has 2 heteroatoms. The average molecular weight is 167 g/mol. The number of rotatable bonds is 0. The second-order valence-electron chi connectivity index (χ2n) is 4.49. The van der Waals surface area contributed by atoms with E-state index in [1.54, 1.807) is 0 Å². The van der Waals surface area contributed by atoms with Crippen molar-refractivity contribution in [3.05, 3.63) is 0 Å². The first-order valence-electron chi connectivity index (χ1n) is 5.01. The van der Waals surface area contributed by atoms with E-state index in [0.29, 0.717) is 5.91 Å². The first kappa shape index (κ1) is 8.09. The third-order valence-corrected chi connectivity index (χ3v) is 3.46. The highest BCUT2D eigenvalue weighted by molar-refractivity contribution is 5.84. The topological polar surface area (TPSA) is 29.1 Å². The van der Waals surface area contributed by atoms with E-state index in [-0.39, 0.29) is 5.41 Å². The normalized spacial score (nSPS) is 41.8. The summed E-state index contributed by atoms with van der Waals surface area (Å²) in [6.07, 6.45) is 5.89. The molecule has 2 fully saturated rings. The summed E-state index contributed by atoms with van der Waals surface area (Å²) in [6.45, 7) is 3.18. The number of nitrogens with one attached hydrogen (secondary N) is 1.